The largest absolute Gasteiger partial charge is 0.478 e. The van der Waals surface area contributed by atoms with E-state index in [0.717, 1.165) is 25.7 Å². The molecule has 5 nitrogen and oxygen atoms in total. The van der Waals surface area contributed by atoms with Crippen LogP contribution >= 0.6 is 0 Å². The van der Waals surface area contributed by atoms with E-state index < -0.39 is 5.97 Å². The van der Waals surface area contributed by atoms with E-state index >= 15 is 0 Å². The van der Waals surface area contributed by atoms with Crippen molar-refractivity contribution in [2.24, 2.45) is 0 Å². The van der Waals surface area contributed by atoms with E-state index in [0.29, 0.717) is 12.3 Å². The fourth-order valence-electron chi connectivity index (χ4n) is 2.60. The highest BCUT2D eigenvalue weighted by Gasteiger charge is 2.28. The van der Waals surface area contributed by atoms with Gasteiger partial charge in [0, 0.05) is 6.04 Å². The molecule has 2 rings (SSSR count). The summed E-state index contributed by atoms with van der Waals surface area (Å²) in [5.74, 6) is -0.529. The van der Waals surface area contributed by atoms with Crippen LogP contribution in [0.5, 0.6) is 0 Å². The zero-order valence-electron chi connectivity index (χ0n) is 10.5. The van der Waals surface area contributed by atoms with Gasteiger partial charge in [0.15, 0.2) is 0 Å². The average Bonchev–Trinajstić information content (AvgIpc) is 2.77. The number of carboxylic acids is 1. The third-order valence-electron chi connectivity index (χ3n) is 3.63. The lowest BCUT2D eigenvalue weighted by Crippen LogP contribution is -2.42. The second-order valence-electron chi connectivity index (χ2n) is 4.90. The highest BCUT2D eigenvalue weighted by Crippen LogP contribution is 2.24. The number of carbonyl (C=O) groups is 1. The van der Waals surface area contributed by atoms with Crippen molar-refractivity contribution in [3.8, 4) is 0 Å². The molecular weight excluding hydrogens is 234 g/mol. The van der Waals surface area contributed by atoms with Gasteiger partial charge in [0.05, 0.1) is 18.9 Å². The topological polar surface area (TPSA) is 73.9 Å². The minimum Gasteiger partial charge on any atom is -0.478 e. The minimum absolute atomic E-state index is 0.0884. The standard InChI is InChI=1S/C13H19NO4/c1-14(10-4-2-3-5-11(10)15)8-12-9(13(16)17)6-7-18-12/h6-7,10-11,15H,2-5,8H2,1H3,(H,16,17). The molecule has 5 heteroatoms. The summed E-state index contributed by atoms with van der Waals surface area (Å²) in [5, 5.41) is 19.0. The maximum absolute atomic E-state index is 11.0. The van der Waals surface area contributed by atoms with Gasteiger partial charge >= 0.3 is 5.97 Å². The van der Waals surface area contributed by atoms with Crippen molar-refractivity contribution in [1.82, 2.24) is 4.90 Å². The van der Waals surface area contributed by atoms with Crippen molar-refractivity contribution >= 4 is 5.97 Å². The molecule has 0 spiro atoms. The molecule has 1 aromatic heterocycles. The maximum atomic E-state index is 11.0. The number of nitrogens with zero attached hydrogens (tertiary/aromatic N) is 1. The number of furan rings is 1. The van der Waals surface area contributed by atoms with Crippen molar-refractivity contribution in [3.63, 3.8) is 0 Å². The minimum atomic E-state index is -0.976. The molecule has 1 aliphatic rings. The molecule has 2 atom stereocenters. The third kappa shape index (κ3) is 2.73. The van der Waals surface area contributed by atoms with E-state index in [1.165, 1.54) is 12.3 Å². The number of hydrogen-bond donors (Lipinski definition) is 2. The number of likely N-dealkylation sites (N-methyl/N-ethyl adjacent to an activating group) is 1. The number of aliphatic hydroxyl groups is 1. The van der Waals surface area contributed by atoms with Crippen LogP contribution in [-0.2, 0) is 6.54 Å². The van der Waals surface area contributed by atoms with Gasteiger partial charge in [0.25, 0.3) is 0 Å². The monoisotopic (exact) mass is 253 g/mol. The van der Waals surface area contributed by atoms with Crippen LogP contribution in [0.4, 0.5) is 0 Å². The Morgan fingerprint density at radius 1 is 1.50 bits per heavy atom. The summed E-state index contributed by atoms with van der Waals surface area (Å²) in [6.07, 6.45) is 5.00. The van der Waals surface area contributed by atoms with Crippen LogP contribution in [0.3, 0.4) is 0 Å². The quantitative estimate of drug-likeness (QED) is 0.854. The average molecular weight is 253 g/mol. The molecule has 18 heavy (non-hydrogen) atoms. The van der Waals surface area contributed by atoms with Gasteiger partial charge in [-0.15, -0.1) is 0 Å². The predicted molar refractivity (Wildman–Crippen MR) is 65.4 cm³/mol. The third-order valence-corrected chi connectivity index (χ3v) is 3.63. The van der Waals surface area contributed by atoms with Crippen molar-refractivity contribution in [2.75, 3.05) is 7.05 Å². The van der Waals surface area contributed by atoms with Gasteiger partial charge in [0.2, 0.25) is 0 Å². The number of rotatable bonds is 4. The smallest absolute Gasteiger partial charge is 0.339 e. The molecule has 1 aliphatic carbocycles. The summed E-state index contributed by atoms with van der Waals surface area (Å²) in [7, 11) is 1.90. The number of carboxylic acid groups (broad SMARTS) is 1. The van der Waals surface area contributed by atoms with E-state index in [-0.39, 0.29) is 17.7 Å². The van der Waals surface area contributed by atoms with Gasteiger partial charge < -0.3 is 14.6 Å². The Bertz CT molecular complexity index is 415. The van der Waals surface area contributed by atoms with E-state index in [1.54, 1.807) is 0 Å². The molecule has 1 fully saturated rings. The molecule has 0 radical (unpaired) electrons. The normalized spacial score (nSPS) is 24.4. The molecule has 0 aromatic carbocycles. The van der Waals surface area contributed by atoms with Crippen molar-refractivity contribution in [2.45, 2.75) is 44.4 Å². The van der Waals surface area contributed by atoms with Crippen LogP contribution in [-0.4, -0.2) is 40.3 Å². The Balaban J connectivity index is 2.03. The summed E-state index contributed by atoms with van der Waals surface area (Å²) >= 11 is 0. The molecular formula is C13H19NO4. The van der Waals surface area contributed by atoms with Crippen molar-refractivity contribution < 1.29 is 19.4 Å². The van der Waals surface area contributed by atoms with Crippen LogP contribution in [0.25, 0.3) is 0 Å². The summed E-state index contributed by atoms with van der Waals surface area (Å²) in [5.41, 5.74) is 0.201. The number of hydrogen-bond acceptors (Lipinski definition) is 4. The Morgan fingerprint density at radius 3 is 2.89 bits per heavy atom. The second-order valence-corrected chi connectivity index (χ2v) is 4.90. The van der Waals surface area contributed by atoms with Crippen molar-refractivity contribution in [3.05, 3.63) is 23.7 Å². The van der Waals surface area contributed by atoms with Gasteiger partial charge in [-0.05, 0) is 26.0 Å². The molecule has 0 bridgehead atoms. The summed E-state index contributed by atoms with van der Waals surface area (Å²) < 4.78 is 5.22. The predicted octanol–water partition coefficient (Wildman–Crippen LogP) is 1.71. The first kappa shape index (κ1) is 13.1. The van der Waals surface area contributed by atoms with Gasteiger partial charge in [0.1, 0.15) is 11.3 Å². The molecule has 100 valence electrons. The first-order chi connectivity index (χ1) is 8.59. The van der Waals surface area contributed by atoms with Gasteiger partial charge in [-0.3, -0.25) is 4.90 Å². The van der Waals surface area contributed by atoms with E-state index in [9.17, 15) is 9.90 Å². The Morgan fingerprint density at radius 2 is 2.22 bits per heavy atom. The molecule has 1 aromatic rings. The van der Waals surface area contributed by atoms with Crippen LogP contribution in [0.2, 0.25) is 0 Å². The highest BCUT2D eigenvalue weighted by atomic mass is 16.4. The van der Waals surface area contributed by atoms with E-state index in [4.69, 9.17) is 9.52 Å². The SMILES string of the molecule is CN(Cc1occc1C(=O)O)C1CCCCC1O. The molecule has 2 unspecified atom stereocenters. The maximum Gasteiger partial charge on any atom is 0.339 e. The summed E-state index contributed by atoms with van der Waals surface area (Å²) in [6, 6.07) is 1.55. The fourth-order valence-corrected chi connectivity index (χ4v) is 2.60. The number of aromatic carboxylic acids is 1. The van der Waals surface area contributed by atoms with Gasteiger partial charge in [-0.25, -0.2) is 4.79 Å². The van der Waals surface area contributed by atoms with Crippen LogP contribution < -0.4 is 0 Å². The highest BCUT2D eigenvalue weighted by molar-refractivity contribution is 5.88. The lowest BCUT2D eigenvalue weighted by atomic mass is 9.91. The molecule has 0 aliphatic heterocycles. The van der Waals surface area contributed by atoms with Crippen LogP contribution in [0, 0.1) is 0 Å². The van der Waals surface area contributed by atoms with Crippen LogP contribution in [0.1, 0.15) is 41.8 Å². The second kappa shape index (κ2) is 5.54. The zero-order valence-corrected chi connectivity index (χ0v) is 10.5. The molecule has 0 saturated heterocycles. The van der Waals surface area contributed by atoms with Crippen LogP contribution in [0.15, 0.2) is 16.7 Å². The molecule has 2 N–H and O–H groups in total. The first-order valence-corrected chi connectivity index (χ1v) is 6.27. The van der Waals surface area contributed by atoms with Gasteiger partial charge in [-0.1, -0.05) is 12.8 Å². The summed E-state index contributed by atoms with van der Waals surface area (Å²) in [6.45, 7) is 0.413. The Labute approximate surface area is 106 Å². The number of aliphatic hydroxyl groups excluding tert-OH is 1. The molecule has 0 amide bonds. The Kier molecular flexibility index (Phi) is 4.04. The lowest BCUT2D eigenvalue weighted by Gasteiger charge is -2.34. The van der Waals surface area contributed by atoms with E-state index in [1.807, 2.05) is 11.9 Å². The van der Waals surface area contributed by atoms with E-state index in [2.05, 4.69) is 0 Å². The fraction of sp³-hybridized carbons (Fsp3) is 0.615. The summed E-state index contributed by atoms with van der Waals surface area (Å²) in [4.78, 5) is 13.0. The lowest BCUT2D eigenvalue weighted by molar-refractivity contribution is 0.0260. The van der Waals surface area contributed by atoms with Gasteiger partial charge in [-0.2, -0.15) is 0 Å². The zero-order chi connectivity index (χ0) is 13.1. The van der Waals surface area contributed by atoms with Crippen molar-refractivity contribution in [1.29, 1.82) is 0 Å². The molecule has 1 heterocycles. The Hall–Kier alpha value is -1.33. The first-order valence-electron chi connectivity index (χ1n) is 6.27. The molecule has 1 saturated carbocycles.